The van der Waals surface area contributed by atoms with Gasteiger partial charge in [-0.2, -0.15) is 0 Å². The van der Waals surface area contributed by atoms with Crippen molar-refractivity contribution in [1.29, 1.82) is 0 Å². The largest absolute Gasteiger partial charge is 0.371 e. The zero-order chi connectivity index (χ0) is 19.6. The second-order valence-corrected chi connectivity index (χ2v) is 7.05. The van der Waals surface area contributed by atoms with Crippen LogP contribution in [0.15, 0.2) is 60.7 Å². The Morgan fingerprint density at radius 1 is 0.966 bits per heavy atom. The van der Waals surface area contributed by atoms with Crippen molar-refractivity contribution in [2.45, 2.75) is 24.3 Å². The molecule has 3 aromatic rings. The molecule has 9 nitrogen and oxygen atoms in total. The van der Waals surface area contributed by atoms with Gasteiger partial charge in [0, 0.05) is 11.3 Å². The Kier molecular flexibility index (Phi) is 4.66. The van der Waals surface area contributed by atoms with Gasteiger partial charge in [-0.15, -0.1) is 5.10 Å². The number of carbonyl (C=O) groups is 1. The average molecular weight is 392 g/mol. The fourth-order valence-corrected chi connectivity index (χ4v) is 3.86. The van der Waals surface area contributed by atoms with Gasteiger partial charge in [-0.3, -0.25) is 0 Å². The molecular formula is C20H20N6O3. The molecule has 2 aliphatic rings. The van der Waals surface area contributed by atoms with Crippen LogP contribution in [0.2, 0.25) is 0 Å². The van der Waals surface area contributed by atoms with Crippen molar-refractivity contribution in [3.63, 3.8) is 0 Å². The molecule has 2 aromatic carbocycles. The van der Waals surface area contributed by atoms with Crippen molar-refractivity contribution >= 4 is 11.7 Å². The van der Waals surface area contributed by atoms with Gasteiger partial charge in [0.15, 0.2) is 5.82 Å². The molecule has 0 saturated carbocycles. The minimum atomic E-state index is -0.287. The first-order chi connectivity index (χ1) is 14.3. The van der Waals surface area contributed by atoms with Crippen LogP contribution in [-0.4, -0.2) is 57.7 Å². The number of amides is 2. The van der Waals surface area contributed by atoms with E-state index in [0.717, 1.165) is 11.3 Å². The Morgan fingerprint density at radius 2 is 1.69 bits per heavy atom. The van der Waals surface area contributed by atoms with Crippen LogP contribution in [0.25, 0.3) is 11.4 Å². The van der Waals surface area contributed by atoms with E-state index in [1.54, 1.807) is 4.68 Å². The van der Waals surface area contributed by atoms with Gasteiger partial charge in [0.05, 0.1) is 19.3 Å². The van der Waals surface area contributed by atoms with Gasteiger partial charge < -0.3 is 20.1 Å². The zero-order valence-corrected chi connectivity index (χ0v) is 15.5. The van der Waals surface area contributed by atoms with Crippen LogP contribution in [-0.2, 0) is 9.47 Å². The number of aromatic nitrogens is 4. The lowest BCUT2D eigenvalue weighted by Gasteiger charge is -2.18. The van der Waals surface area contributed by atoms with Crippen molar-refractivity contribution in [2.24, 2.45) is 0 Å². The highest BCUT2D eigenvalue weighted by Gasteiger charge is 2.50. The normalized spacial score (nSPS) is 25.5. The number of carbonyl (C=O) groups excluding carboxylic acids is 1. The third-order valence-corrected chi connectivity index (χ3v) is 5.21. The first-order valence-corrected chi connectivity index (χ1v) is 9.48. The molecule has 5 rings (SSSR count). The number of rotatable bonds is 4. The highest BCUT2D eigenvalue weighted by atomic mass is 16.6. The minimum absolute atomic E-state index is 0.158. The number of ether oxygens (including phenoxy) is 2. The third kappa shape index (κ3) is 3.45. The molecular weight excluding hydrogens is 372 g/mol. The molecule has 3 heterocycles. The summed E-state index contributed by atoms with van der Waals surface area (Å²) in [6, 6.07) is 18.4. The lowest BCUT2D eigenvalue weighted by molar-refractivity contribution is 0.0624. The number of fused-ring (bicyclic) bond motifs is 1. The van der Waals surface area contributed by atoms with Gasteiger partial charge in [-0.25, -0.2) is 9.48 Å². The van der Waals surface area contributed by atoms with Crippen LogP contribution in [0.1, 0.15) is 6.04 Å². The van der Waals surface area contributed by atoms with E-state index in [0.29, 0.717) is 19.0 Å². The summed E-state index contributed by atoms with van der Waals surface area (Å²) in [5, 5.41) is 18.0. The summed E-state index contributed by atoms with van der Waals surface area (Å²) >= 11 is 0. The van der Waals surface area contributed by atoms with Crippen molar-refractivity contribution in [1.82, 2.24) is 25.5 Å². The van der Waals surface area contributed by atoms with Crippen LogP contribution in [0, 0.1) is 0 Å². The van der Waals surface area contributed by atoms with E-state index in [1.165, 1.54) is 0 Å². The summed E-state index contributed by atoms with van der Waals surface area (Å²) in [7, 11) is 0. The lowest BCUT2D eigenvalue weighted by atomic mass is 10.1. The first kappa shape index (κ1) is 17.8. The number of hydrogen-bond donors (Lipinski definition) is 2. The SMILES string of the molecule is O=C(Nc1ccccc1)N[C@H]1CO[C@H]2[C@@H]1OC[C@@H]2n1nnnc1-c1ccccc1. The number of nitrogens with zero attached hydrogens (tertiary/aromatic N) is 4. The fourth-order valence-electron chi connectivity index (χ4n) is 3.86. The summed E-state index contributed by atoms with van der Waals surface area (Å²) in [6.07, 6.45) is -0.489. The van der Waals surface area contributed by atoms with Gasteiger partial charge in [0.1, 0.15) is 18.2 Å². The van der Waals surface area contributed by atoms with Gasteiger partial charge in [0.25, 0.3) is 0 Å². The van der Waals surface area contributed by atoms with Crippen molar-refractivity contribution in [3.8, 4) is 11.4 Å². The summed E-state index contributed by atoms with van der Waals surface area (Å²) in [6.45, 7) is 0.787. The Hall–Kier alpha value is -3.30. The maximum Gasteiger partial charge on any atom is 0.319 e. The molecule has 9 heteroatoms. The maximum atomic E-state index is 12.3. The molecule has 0 bridgehead atoms. The van der Waals surface area contributed by atoms with Crippen LogP contribution in [0.5, 0.6) is 0 Å². The second-order valence-electron chi connectivity index (χ2n) is 7.05. The van der Waals surface area contributed by atoms with E-state index in [4.69, 9.17) is 9.47 Å². The second kappa shape index (κ2) is 7.61. The first-order valence-electron chi connectivity index (χ1n) is 9.48. The third-order valence-electron chi connectivity index (χ3n) is 5.21. The monoisotopic (exact) mass is 392 g/mol. The number of anilines is 1. The molecule has 0 unspecified atom stereocenters. The molecule has 2 fully saturated rings. The summed E-state index contributed by atoms with van der Waals surface area (Å²) in [4.78, 5) is 12.3. The molecule has 2 amide bonds. The molecule has 2 N–H and O–H groups in total. The Labute approximate surface area is 167 Å². The summed E-state index contributed by atoms with van der Waals surface area (Å²) < 4.78 is 13.7. The molecule has 4 atom stereocenters. The molecule has 0 aliphatic carbocycles. The van der Waals surface area contributed by atoms with Gasteiger partial charge >= 0.3 is 6.03 Å². The van der Waals surface area contributed by atoms with E-state index in [-0.39, 0.29) is 30.3 Å². The van der Waals surface area contributed by atoms with E-state index < -0.39 is 0 Å². The Bertz CT molecular complexity index is 980. The molecule has 1 aromatic heterocycles. The number of nitrogens with one attached hydrogen (secondary N) is 2. The number of hydrogen-bond acceptors (Lipinski definition) is 6. The molecule has 2 aliphatic heterocycles. The molecule has 29 heavy (non-hydrogen) atoms. The number of tetrazole rings is 1. The van der Waals surface area contributed by atoms with E-state index >= 15 is 0 Å². The van der Waals surface area contributed by atoms with Crippen LogP contribution in [0.4, 0.5) is 10.5 Å². The van der Waals surface area contributed by atoms with Gasteiger partial charge in [-0.05, 0) is 22.6 Å². The van der Waals surface area contributed by atoms with E-state index in [9.17, 15) is 4.79 Å². The summed E-state index contributed by atoms with van der Waals surface area (Å²) in [5.74, 6) is 0.668. The topological polar surface area (TPSA) is 103 Å². The molecule has 148 valence electrons. The van der Waals surface area contributed by atoms with E-state index in [2.05, 4.69) is 26.2 Å². The molecule has 0 radical (unpaired) electrons. The number of urea groups is 1. The number of benzene rings is 2. The molecule has 2 saturated heterocycles. The van der Waals surface area contributed by atoms with Gasteiger partial charge in [-0.1, -0.05) is 48.5 Å². The highest BCUT2D eigenvalue weighted by molar-refractivity contribution is 5.89. The predicted octanol–water partition coefficient (Wildman–Crippen LogP) is 1.87. The maximum absolute atomic E-state index is 12.3. The standard InChI is InChI=1S/C20H20N6O3/c27-20(21-14-9-5-2-6-10-14)22-15-11-28-18-16(12-29-17(15)18)26-19(23-24-25-26)13-7-3-1-4-8-13/h1-10,15-18H,11-12H2,(H2,21,22,27)/t15-,16-,17+,18+/m0/s1. The van der Waals surface area contributed by atoms with Gasteiger partial charge in [0.2, 0.25) is 0 Å². The highest BCUT2D eigenvalue weighted by Crippen LogP contribution is 2.35. The zero-order valence-electron chi connectivity index (χ0n) is 15.5. The van der Waals surface area contributed by atoms with Crippen molar-refractivity contribution in [2.75, 3.05) is 18.5 Å². The van der Waals surface area contributed by atoms with Crippen LogP contribution in [0.3, 0.4) is 0 Å². The fraction of sp³-hybridized carbons (Fsp3) is 0.300. The van der Waals surface area contributed by atoms with Crippen LogP contribution < -0.4 is 10.6 Å². The predicted molar refractivity (Wildman–Crippen MR) is 104 cm³/mol. The van der Waals surface area contributed by atoms with Crippen molar-refractivity contribution in [3.05, 3.63) is 60.7 Å². The minimum Gasteiger partial charge on any atom is -0.371 e. The average Bonchev–Trinajstić information content (AvgIpc) is 3.47. The lowest BCUT2D eigenvalue weighted by Crippen LogP contribution is -2.45. The number of para-hydroxylation sites is 1. The Balaban J connectivity index is 1.28. The quantitative estimate of drug-likeness (QED) is 0.703. The van der Waals surface area contributed by atoms with Crippen molar-refractivity contribution < 1.29 is 14.3 Å². The Morgan fingerprint density at radius 3 is 2.48 bits per heavy atom. The molecule has 0 spiro atoms. The van der Waals surface area contributed by atoms with Crippen LogP contribution >= 0.6 is 0 Å². The smallest absolute Gasteiger partial charge is 0.319 e. The van der Waals surface area contributed by atoms with E-state index in [1.807, 2.05) is 60.7 Å². The summed E-state index contributed by atoms with van der Waals surface area (Å²) in [5.41, 5.74) is 1.66.